The van der Waals surface area contributed by atoms with Crippen LogP contribution in [-0.2, 0) is 13.0 Å². The standard InChI is InChI=1S/C21H31N3/c1-14-6-7-19-18(11-14)21-16(3)23-15(2)12-20(21)24(19)10-8-17-5-4-9-22-13-17/h6-7,11,15-17,22-23H,4-5,8-10,12-13H2,1-3H3. The number of piperidine rings is 1. The third kappa shape index (κ3) is 2.89. The molecule has 0 radical (unpaired) electrons. The zero-order valence-corrected chi connectivity index (χ0v) is 15.4. The van der Waals surface area contributed by atoms with Crippen LogP contribution in [0.3, 0.4) is 0 Å². The highest BCUT2D eigenvalue weighted by atomic mass is 15.0. The molecule has 3 nitrogen and oxygen atoms in total. The molecule has 0 saturated carbocycles. The highest BCUT2D eigenvalue weighted by Crippen LogP contribution is 2.36. The molecule has 24 heavy (non-hydrogen) atoms. The predicted octanol–water partition coefficient (Wildman–Crippen LogP) is 3.93. The first-order chi connectivity index (χ1) is 11.6. The van der Waals surface area contributed by atoms with Gasteiger partial charge in [-0.15, -0.1) is 0 Å². The molecular weight excluding hydrogens is 294 g/mol. The van der Waals surface area contributed by atoms with Crippen molar-refractivity contribution in [1.82, 2.24) is 15.2 Å². The molecule has 0 aliphatic carbocycles. The van der Waals surface area contributed by atoms with E-state index in [0.29, 0.717) is 12.1 Å². The Morgan fingerprint density at radius 3 is 2.92 bits per heavy atom. The van der Waals surface area contributed by atoms with Crippen LogP contribution in [0.15, 0.2) is 18.2 Å². The zero-order chi connectivity index (χ0) is 16.7. The van der Waals surface area contributed by atoms with Crippen molar-refractivity contribution in [2.45, 2.75) is 65.1 Å². The summed E-state index contributed by atoms with van der Waals surface area (Å²) in [5.41, 5.74) is 5.94. The van der Waals surface area contributed by atoms with E-state index in [4.69, 9.17) is 0 Å². The molecule has 3 unspecified atom stereocenters. The average molecular weight is 325 g/mol. The number of rotatable bonds is 3. The maximum atomic E-state index is 3.74. The summed E-state index contributed by atoms with van der Waals surface area (Å²) in [4.78, 5) is 0. The van der Waals surface area contributed by atoms with Gasteiger partial charge >= 0.3 is 0 Å². The number of benzene rings is 1. The van der Waals surface area contributed by atoms with Crippen molar-refractivity contribution in [3.8, 4) is 0 Å². The molecule has 2 aliphatic heterocycles. The number of nitrogens with zero attached hydrogens (tertiary/aromatic N) is 1. The van der Waals surface area contributed by atoms with E-state index in [1.807, 2.05) is 0 Å². The summed E-state index contributed by atoms with van der Waals surface area (Å²) in [7, 11) is 0. The van der Waals surface area contributed by atoms with E-state index in [1.54, 1.807) is 11.3 Å². The van der Waals surface area contributed by atoms with Gasteiger partial charge in [0.2, 0.25) is 0 Å². The first-order valence-corrected chi connectivity index (χ1v) is 9.72. The highest BCUT2D eigenvalue weighted by Gasteiger charge is 2.28. The lowest BCUT2D eigenvalue weighted by Crippen LogP contribution is -2.36. The van der Waals surface area contributed by atoms with Crippen molar-refractivity contribution >= 4 is 10.9 Å². The predicted molar refractivity (Wildman–Crippen MR) is 102 cm³/mol. The SMILES string of the molecule is Cc1ccc2c(c1)c1c(n2CCC2CCCNC2)CC(C)NC1C. The van der Waals surface area contributed by atoms with Crippen LogP contribution in [-0.4, -0.2) is 23.7 Å². The topological polar surface area (TPSA) is 29.0 Å². The second kappa shape index (κ2) is 6.53. The molecule has 3 atom stereocenters. The van der Waals surface area contributed by atoms with Gasteiger partial charge in [-0.05, 0) is 76.7 Å². The monoisotopic (exact) mass is 325 g/mol. The van der Waals surface area contributed by atoms with Crippen LogP contribution in [0.1, 0.15) is 56.0 Å². The third-order valence-corrected chi connectivity index (χ3v) is 6.00. The Hall–Kier alpha value is -1.32. The molecule has 1 aromatic carbocycles. The number of hydrogen-bond donors (Lipinski definition) is 2. The van der Waals surface area contributed by atoms with Gasteiger partial charge in [0, 0.05) is 41.6 Å². The van der Waals surface area contributed by atoms with Crippen molar-refractivity contribution < 1.29 is 0 Å². The van der Waals surface area contributed by atoms with Gasteiger partial charge in [0.25, 0.3) is 0 Å². The lowest BCUT2D eigenvalue weighted by Gasteiger charge is -2.29. The van der Waals surface area contributed by atoms with Gasteiger partial charge in [-0.3, -0.25) is 0 Å². The number of aromatic nitrogens is 1. The van der Waals surface area contributed by atoms with Crippen LogP contribution >= 0.6 is 0 Å². The Morgan fingerprint density at radius 2 is 2.12 bits per heavy atom. The van der Waals surface area contributed by atoms with Crippen LogP contribution in [0, 0.1) is 12.8 Å². The van der Waals surface area contributed by atoms with Crippen molar-refractivity contribution in [3.05, 3.63) is 35.0 Å². The van der Waals surface area contributed by atoms with E-state index in [1.165, 1.54) is 55.4 Å². The highest BCUT2D eigenvalue weighted by molar-refractivity contribution is 5.87. The summed E-state index contributed by atoms with van der Waals surface area (Å²) in [5.74, 6) is 0.842. The van der Waals surface area contributed by atoms with E-state index < -0.39 is 0 Å². The van der Waals surface area contributed by atoms with Gasteiger partial charge in [0.15, 0.2) is 0 Å². The Kier molecular flexibility index (Phi) is 4.40. The Morgan fingerprint density at radius 1 is 1.25 bits per heavy atom. The maximum absolute atomic E-state index is 3.74. The van der Waals surface area contributed by atoms with Gasteiger partial charge in [0.05, 0.1) is 0 Å². The van der Waals surface area contributed by atoms with Crippen LogP contribution in [0.2, 0.25) is 0 Å². The fourth-order valence-corrected chi connectivity index (χ4v) is 4.85. The second-order valence-corrected chi connectivity index (χ2v) is 8.03. The van der Waals surface area contributed by atoms with E-state index in [-0.39, 0.29) is 0 Å². The molecule has 0 amide bonds. The molecule has 0 bridgehead atoms. The van der Waals surface area contributed by atoms with Crippen molar-refractivity contribution in [3.63, 3.8) is 0 Å². The molecule has 1 aromatic heterocycles. The Bertz CT molecular complexity index is 724. The van der Waals surface area contributed by atoms with E-state index in [9.17, 15) is 0 Å². The van der Waals surface area contributed by atoms with Crippen molar-refractivity contribution in [1.29, 1.82) is 0 Å². The van der Waals surface area contributed by atoms with Crippen LogP contribution in [0.25, 0.3) is 10.9 Å². The molecule has 2 N–H and O–H groups in total. The van der Waals surface area contributed by atoms with Crippen LogP contribution in [0.4, 0.5) is 0 Å². The molecule has 4 rings (SSSR count). The van der Waals surface area contributed by atoms with E-state index in [0.717, 1.165) is 12.3 Å². The van der Waals surface area contributed by atoms with Crippen LogP contribution in [0.5, 0.6) is 0 Å². The molecule has 1 saturated heterocycles. The number of nitrogens with one attached hydrogen (secondary N) is 2. The summed E-state index contributed by atoms with van der Waals surface area (Å²) in [5, 5.41) is 8.78. The minimum Gasteiger partial charge on any atom is -0.344 e. The fourth-order valence-electron chi connectivity index (χ4n) is 4.85. The fraction of sp³-hybridized carbons (Fsp3) is 0.619. The summed E-state index contributed by atoms with van der Waals surface area (Å²) >= 11 is 0. The molecule has 2 aliphatic rings. The molecule has 2 aromatic rings. The first-order valence-electron chi connectivity index (χ1n) is 9.72. The lowest BCUT2D eigenvalue weighted by molar-refractivity contribution is 0.339. The summed E-state index contributed by atoms with van der Waals surface area (Å²) < 4.78 is 2.65. The van der Waals surface area contributed by atoms with Gasteiger partial charge in [-0.1, -0.05) is 11.6 Å². The second-order valence-electron chi connectivity index (χ2n) is 8.03. The van der Waals surface area contributed by atoms with Gasteiger partial charge in [0.1, 0.15) is 0 Å². The lowest BCUT2D eigenvalue weighted by atomic mass is 9.94. The average Bonchev–Trinajstić information content (AvgIpc) is 2.86. The van der Waals surface area contributed by atoms with Gasteiger partial charge < -0.3 is 15.2 Å². The summed E-state index contributed by atoms with van der Waals surface area (Å²) in [6.07, 6.45) is 5.18. The van der Waals surface area contributed by atoms with E-state index >= 15 is 0 Å². The minimum atomic E-state index is 0.450. The number of hydrogen-bond acceptors (Lipinski definition) is 2. The molecular formula is C21H31N3. The van der Waals surface area contributed by atoms with E-state index in [2.05, 4.69) is 54.2 Å². The van der Waals surface area contributed by atoms with Crippen molar-refractivity contribution in [2.75, 3.05) is 13.1 Å². The number of aryl methyl sites for hydroxylation is 2. The smallest absolute Gasteiger partial charge is 0.0486 e. The largest absolute Gasteiger partial charge is 0.344 e. The quantitative estimate of drug-likeness (QED) is 0.895. The minimum absolute atomic E-state index is 0.450. The molecule has 3 heteroatoms. The first kappa shape index (κ1) is 16.2. The van der Waals surface area contributed by atoms with Gasteiger partial charge in [-0.25, -0.2) is 0 Å². The number of fused-ring (bicyclic) bond motifs is 3. The zero-order valence-electron chi connectivity index (χ0n) is 15.4. The molecule has 130 valence electrons. The summed E-state index contributed by atoms with van der Waals surface area (Å²) in [6, 6.07) is 8.02. The Labute approximate surface area is 145 Å². The van der Waals surface area contributed by atoms with Crippen LogP contribution < -0.4 is 10.6 Å². The Balaban J connectivity index is 1.72. The molecule has 0 spiro atoms. The van der Waals surface area contributed by atoms with Gasteiger partial charge in [-0.2, -0.15) is 0 Å². The third-order valence-electron chi connectivity index (χ3n) is 6.00. The molecule has 3 heterocycles. The normalized spacial score (nSPS) is 27.4. The molecule has 1 fully saturated rings. The van der Waals surface area contributed by atoms with Crippen molar-refractivity contribution in [2.24, 2.45) is 5.92 Å². The summed E-state index contributed by atoms with van der Waals surface area (Å²) in [6.45, 7) is 10.4. The maximum Gasteiger partial charge on any atom is 0.0486 e.